The van der Waals surface area contributed by atoms with Crippen LogP contribution >= 0.6 is 0 Å². The maximum absolute atomic E-state index is 12.6. The summed E-state index contributed by atoms with van der Waals surface area (Å²) >= 11 is 0. The average Bonchev–Trinajstić information content (AvgIpc) is 2.93. The molecule has 3 aromatic carbocycles. The third-order valence-electron chi connectivity index (χ3n) is 6.42. The first kappa shape index (κ1) is 25.1. The molecule has 7 heteroatoms. The van der Waals surface area contributed by atoms with Crippen LogP contribution in [0.4, 0.5) is 16.2 Å². The minimum absolute atomic E-state index is 0.0337. The van der Waals surface area contributed by atoms with Gasteiger partial charge < -0.3 is 25.2 Å². The summed E-state index contributed by atoms with van der Waals surface area (Å²) in [5.74, 6) is 0.806. The number of amides is 3. The zero-order valence-corrected chi connectivity index (χ0v) is 20.8. The van der Waals surface area contributed by atoms with Crippen LogP contribution in [-0.2, 0) is 17.8 Å². The number of hydrogen-bond acceptors (Lipinski definition) is 4. The van der Waals surface area contributed by atoms with E-state index in [1.807, 2.05) is 71.6 Å². The number of para-hydroxylation sites is 1. The highest BCUT2D eigenvalue weighted by atomic mass is 16.5. The number of methoxy groups -OCH3 is 1. The molecular weight excluding hydrogens is 452 g/mol. The molecule has 36 heavy (non-hydrogen) atoms. The Hall–Kier alpha value is -4.00. The van der Waals surface area contributed by atoms with Crippen molar-refractivity contribution in [1.82, 2.24) is 10.2 Å². The molecule has 2 N–H and O–H groups in total. The predicted octanol–water partition coefficient (Wildman–Crippen LogP) is 4.69. The fourth-order valence-electron chi connectivity index (χ4n) is 4.38. The number of urea groups is 1. The topological polar surface area (TPSA) is 73.9 Å². The van der Waals surface area contributed by atoms with Gasteiger partial charge in [-0.15, -0.1) is 0 Å². The van der Waals surface area contributed by atoms with Crippen molar-refractivity contribution in [2.75, 3.05) is 43.5 Å². The van der Waals surface area contributed by atoms with Crippen molar-refractivity contribution in [3.63, 3.8) is 0 Å². The highest BCUT2D eigenvalue weighted by Gasteiger charge is 2.21. The van der Waals surface area contributed by atoms with E-state index in [4.69, 9.17) is 4.74 Å². The van der Waals surface area contributed by atoms with Gasteiger partial charge in [-0.25, -0.2) is 4.79 Å². The first-order chi connectivity index (χ1) is 17.6. The van der Waals surface area contributed by atoms with Crippen LogP contribution in [-0.4, -0.2) is 50.1 Å². The van der Waals surface area contributed by atoms with E-state index in [-0.39, 0.29) is 11.9 Å². The summed E-state index contributed by atoms with van der Waals surface area (Å²) in [6.45, 7) is 3.25. The Kier molecular flexibility index (Phi) is 8.81. The van der Waals surface area contributed by atoms with E-state index < -0.39 is 0 Å². The molecule has 1 aliphatic rings. The SMILES string of the molecule is COc1ccccc1CNC(=O)N1CCN(c2ccc(NC(=O)CCCc3ccccc3)cc2)CC1. The lowest BCUT2D eigenvalue weighted by molar-refractivity contribution is -0.116. The van der Waals surface area contributed by atoms with Crippen molar-refractivity contribution >= 4 is 23.3 Å². The Morgan fingerprint density at radius 3 is 2.28 bits per heavy atom. The smallest absolute Gasteiger partial charge is 0.317 e. The van der Waals surface area contributed by atoms with Gasteiger partial charge in [0, 0.05) is 56.1 Å². The minimum atomic E-state index is -0.0640. The second-order valence-electron chi connectivity index (χ2n) is 8.88. The number of nitrogens with one attached hydrogen (secondary N) is 2. The van der Waals surface area contributed by atoms with Gasteiger partial charge in [0.1, 0.15) is 5.75 Å². The van der Waals surface area contributed by atoms with E-state index in [0.29, 0.717) is 26.1 Å². The molecule has 0 bridgehead atoms. The second kappa shape index (κ2) is 12.6. The van der Waals surface area contributed by atoms with Crippen LogP contribution in [0, 0.1) is 0 Å². The van der Waals surface area contributed by atoms with Gasteiger partial charge in [-0.1, -0.05) is 48.5 Å². The Labute approximate surface area is 213 Å². The van der Waals surface area contributed by atoms with Crippen molar-refractivity contribution in [1.29, 1.82) is 0 Å². The van der Waals surface area contributed by atoms with Crippen LogP contribution in [0.5, 0.6) is 5.75 Å². The molecule has 188 valence electrons. The number of aryl methyl sites for hydroxylation is 1. The monoisotopic (exact) mass is 486 g/mol. The first-order valence-electron chi connectivity index (χ1n) is 12.5. The largest absolute Gasteiger partial charge is 0.496 e. The number of benzene rings is 3. The standard InChI is InChI=1S/C29H34N4O3/c1-36-27-12-6-5-11-24(27)22-30-29(35)33-20-18-32(19-21-33)26-16-14-25(15-17-26)31-28(34)13-7-10-23-8-3-2-4-9-23/h2-6,8-9,11-12,14-17H,7,10,13,18-22H2,1H3,(H,30,35)(H,31,34). The number of anilines is 2. The predicted molar refractivity (Wildman–Crippen MR) is 143 cm³/mol. The zero-order valence-electron chi connectivity index (χ0n) is 20.8. The Balaban J connectivity index is 1.18. The average molecular weight is 487 g/mol. The van der Waals surface area contributed by atoms with Gasteiger partial charge in [0.15, 0.2) is 0 Å². The number of nitrogens with zero attached hydrogens (tertiary/aromatic N) is 2. The molecule has 0 spiro atoms. The Bertz CT molecular complexity index is 1130. The highest BCUT2D eigenvalue weighted by molar-refractivity contribution is 5.90. The van der Waals surface area contributed by atoms with Gasteiger partial charge in [-0.2, -0.15) is 0 Å². The third-order valence-corrected chi connectivity index (χ3v) is 6.42. The fourth-order valence-corrected chi connectivity index (χ4v) is 4.38. The molecule has 1 saturated heterocycles. The molecule has 0 aliphatic carbocycles. The summed E-state index contributed by atoms with van der Waals surface area (Å²) in [4.78, 5) is 29.0. The van der Waals surface area contributed by atoms with Gasteiger partial charge in [0.05, 0.1) is 7.11 Å². The molecule has 0 radical (unpaired) electrons. The van der Waals surface area contributed by atoms with E-state index in [2.05, 4.69) is 27.7 Å². The zero-order chi connectivity index (χ0) is 25.2. The van der Waals surface area contributed by atoms with Crippen LogP contribution in [0.25, 0.3) is 0 Å². The van der Waals surface area contributed by atoms with E-state index in [1.165, 1.54) is 5.56 Å². The van der Waals surface area contributed by atoms with Crippen LogP contribution in [0.3, 0.4) is 0 Å². The molecule has 0 saturated carbocycles. The lowest BCUT2D eigenvalue weighted by atomic mass is 10.1. The summed E-state index contributed by atoms with van der Waals surface area (Å²) in [5.41, 5.74) is 4.10. The van der Waals surface area contributed by atoms with Gasteiger partial charge >= 0.3 is 6.03 Å². The second-order valence-corrected chi connectivity index (χ2v) is 8.88. The molecule has 3 amide bonds. The summed E-state index contributed by atoms with van der Waals surface area (Å²) in [7, 11) is 1.63. The molecule has 0 aromatic heterocycles. The molecular formula is C29H34N4O3. The van der Waals surface area contributed by atoms with Crippen LogP contribution in [0.2, 0.25) is 0 Å². The van der Waals surface area contributed by atoms with Gasteiger partial charge in [-0.05, 0) is 48.7 Å². The highest BCUT2D eigenvalue weighted by Crippen LogP contribution is 2.21. The molecule has 0 atom stereocenters. The van der Waals surface area contributed by atoms with E-state index in [0.717, 1.165) is 48.6 Å². The number of piperazine rings is 1. The summed E-state index contributed by atoms with van der Waals surface area (Å²) in [6, 6.07) is 25.8. The maximum Gasteiger partial charge on any atom is 0.317 e. The van der Waals surface area contributed by atoms with Crippen molar-refractivity contribution in [3.8, 4) is 5.75 Å². The van der Waals surface area contributed by atoms with Crippen molar-refractivity contribution in [2.45, 2.75) is 25.8 Å². The normalized spacial score (nSPS) is 13.2. The lowest BCUT2D eigenvalue weighted by Gasteiger charge is -2.36. The van der Waals surface area contributed by atoms with E-state index >= 15 is 0 Å². The first-order valence-corrected chi connectivity index (χ1v) is 12.5. The quantitative estimate of drug-likeness (QED) is 0.460. The summed E-state index contributed by atoms with van der Waals surface area (Å²) < 4.78 is 5.35. The lowest BCUT2D eigenvalue weighted by Crippen LogP contribution is -2.51. The third kappa shape index (κ3) is 7.01. The number of carbonyl (C=O) groups excluding carboxylic acids is 2. The van der Waals surface area contributed by atoms with Crippen molar-refractivity contribution in [3.05, 3.63) is 90.0 Å². The van der Waals surface area contributed by atoms with Crippen LogP contribution in [0.15, 0.2) is 78.9 Å². The van der Waals surface area contributed by atoms with Crippen molar-refractivity contribution < 1.29 is 14.3 Å². The van der Waals surface area contributed by atoms with E-state index in [1.54, 1.807) is 7.11 Å². The fraction of sp³-hybridized carbons (Fsp3) is 0.310. The summed E-state index contributed by atoms with van der Waals surface area (Å²) in [5, 5.41) is 5.98. The molecule has 3 aromatic rings. The number of ether oxygens (including phenoxy) is 1. The molecule has 7 nitrogen and oxygen atoms in total. The molecule has 4 rings (SSSR count). The van der Waals surface area contributed by atoms with E-state index in [9.17, 15) is 9.59 Å². The minimum Gasteiger partial charge on any atom is -0.496 e. The maximum atomic E-state index is 12.6. The van der Waals surface area contributed by atoms with Crippen molar-refractivity contribution in [2.24, 2.45) is 0 Å². The molecule has 1 fully saturated rings. The molecule has 1 aliphatic heterocycles. The number of hydrogen-bond donors (Lipinski definition) is 2. The Morgan fingerprint density at radius 1 is 0.861 bits per heavy atom. The number of carbonyl (C=O) groups is 2. The van der Waals surface area contributed by atoms with Crippen LogP contribution in [0.1, 0.15) is 24.0 Å². The number of rotatable bonds is 9. The Morgan fingerprint density at radius 2 is 1.56 bits per heavy atom. The summed E-state index contributed by atoms with van der Waals surface area (Å²) in [6.07, 6.45) is 2.22. The molecule has 0 unspecified atom stereocenters. The van der Waals surface area contributed by atoms with Gasteiger partial charge in [-0.3, -0.25) is 4.79 Å². The van der Waals surface area contributed by atoms with Crippen LogP contribution < -0.4 is 20.3 Å². The van der Waals surface area contributed by atoms with Gasteiger partial charge in [0.25, 0.3) is 0 Å². The van der Waals surface area contributed by atoms with Gasteiger partial charge in [0.2, 0.25) is 5.91 Å². The molecule has 1 heterocycles.